The van der Waals surface area contributed by atoms with Crippen molar-refractivity contribution < 1.29 is 0 Å². The predicted octanol–water partition coefficient (Wildman–Crippen LogP) is 1.24. The van der Waals surface area contributed by atoms with Crippen LogP contribution in [0.5, 0.6) is 0 Å². The van der Waals surface area contributed by atoms with E-state index in [-0.39, 0.29) is 0 Å². The first-order valence-corrected chi connectivity index (χ1v) is 6.17. The van der Waals surface area contributed by atoms with Crippen LogP contribution < -0.4 is 5.32 Å². The third-order valence-electron chi connectivity index (χ3n) is 2.80. The number of rotatable bonds is 8. The lowest BCUT2D eigenvalue weighted by atomic mass is 10.4. The highest BCUT2D eigenvalue weighted by atomic mass is 15.1. The lowest BCUT2D eigenvalue weighted by molar-refractivity contribution is 0.287. The van der Waals surface area contributed by atoms with Crippen molar-refractivity contribution in [3.8, 4) is 0 Å². The summed E-state index contributed by atoms with van der Waals surface area (Å²) in [4.78, 5) is 6.74. The van der Waals surface area contributed by atoms with Gasteiger partial charge in [0.2, 0.25) is 0 Å². The van der Waals surface area contributed by atoms with Crippen LogP contribution >= 0.6 is 0 Å². The molecule has 1 aromatic rings. The standard InChI is InChI=1S/C12H24N4/c1-4-8-16(5-2)10-6-13-11-12-14-7-9-15(12)3/h7,9,13H,4-6,8,10-11H2,1-3H3. The van der Waals surface area contributed by atoms with Gasteiger partial charge in [0.15, 0.2) is 0 Å². The van der Waals surface area contributed by atoms with Crippen LogP contribution in [0.25, 0.3) is 0 Å². The van der Waals surface area contributed by atoms with Crippen molar-refractivity contribution in [2.45, 2.75) is 26.8 Å². The first kappa shape index (κ1) is 13.2. The molecule has 0 radical (unpaired) electrons. The molecule has 0 bridgehead atoms. The monoisotopic (exact) mass is 224 g/mol. The second-order valence-electron chi connectivity index (χ2n) is 4.07. The smallest absolute Gasteiger partial charge is 0.122 e. The summed E-state index contributed by atoms with van der Waals surface area (Å²) in [6, 6.07) is 0. The molecule has 0 aliphatic carbocycles. The maximum absolute atomic E-state index is 4.28. The highest BCUT2D eigenvalue weighted by Gasteiger charge is 2.01. The summed E-state index contributed by atoms with van der Waals surface area (Å²) in [5.41, 5.74) is 0. The molecule has 1 N–H and O–H groups in total. The van der Waals surface area contributed by atoms with Crippen LogP contribution in [0.4, 0.5) is 0 Å². The van der Waals surface area contributed by atoms with E-state index in [0.717, 1.165) is 32.0 Å². The Hall–Kier alpha value is -0.870. The average Bonchev–Trinajstić information content (AvgIpc) is 2.69. The first-order chi connectivity index (χ1) is 7.77. The summed E-state index contributed by atoms with van der Waals surface area (Å²) in [6.45, 7) is 9.78. The Balaban J connectivity index is 2.14. The minimum Gasteiger partial charge on any atom is -0.337 e. The lowest BCUT2D eigenvalue weighted by Gasteiger charge is -2.19. The number of nitrogens with zero attached hydrogens (tertiary/aromatic N) is 3. The number of likely N-dealkylation sites (N-methyl/N-ethyl adjacent to an activating group) is 1. The number of aromatic nitrogens is 2. The molecule has 16 heavy (non-hydrogen) atoms. The first-order valence-electron chi connectivity index (χ1n) is 6.17. The molecule has 92 valence electrons. The Morgan fingerprint density at radius 2 is 2.19 bits per heavy atom. The summed E-state index contributed by atoms with van der Waals surface area (Å²) in [5, 5.41) is 3.43. The van der Waals surface area contributed by atoms with E-state index >= 15 is 0 Å². The summed E-state index contributed by atoms with van der Waals surface area (Å²) in [5.74, 6) is 1.10. The molecule has 4 nitrogen and oxygen atoms in total. The average molecular weight is 224 g/mol. The van der Waals surface area contributed by atoms with E-state index in [4.69, 9.17) is 0 Å². The molecule has 1 heterocycles. The molecule has 1 aromatic heterocycles. The molecule has 0 unspecified atom stereocenters. The van der Waals surface area contributed by atoms with Crippen molar-refractivity contribution in [1.29, 1.82) is 0 Å². The topological polar surface area (TPSA) is 33.1 Å². The SMILES string of the molecule is CCCN(CC)CCNCc1nccn1C. The third-order valence-corrected chi connectivity index (χ3v) is 2.80. The number of imidazole rings is 1. The Morgan fingerprint density at radius 1 is 1.38 bits per heavy atom. The van der Waals surface area contributed by atoms with Gasteiger partial charge in [-0.25, -0.2) is 4.98 Å². The van der Waals surface area contributed by atoms with Crippen LogP contribution in [0.3, 0.4) is 0 Å². The van der Waals surface area contributed by atoms with Crippen LogP contribution in [0, 0.1) is 0 Å². The molecule has 0 amide bonds. The van der Waals surface area contributed by atoms with Gasteiger partial charge in [0.25, 0.3) is 0 Å². The summed E-state index contributed by atoms with van der Waals surface area (Å²) < 4.78 is 2.05. The third kappa shape index (κ3) is 4.33. The molecular weight excluding hydrogens is 200 g/mol. The maximum Gasteiger partial charge on any atom is 0.122 e. The molecular formula is C12H24N4. The Morgan fingerprint density at radius 3 is 2.75 bits per heavy atom. The fourth-order valence-electron chi connectivity index (χ4n) is 1.75. The van der Waals surface area contributed by atoms with E-state index in [9.17, 15) is 0 Å². The van der Waals surface area contributed by atoms with Crippen molar-refractivity contribution in [3.05, 3.63) is 18.2 Å². The fourth-order valence-corrected chi connectivity index (χ4v) is 1.75. The zero-order valence-electron chi connectivity index (χ0n) is 10.7. The van der Waals surface area contributed by atoms with Crippen molar-refractivity contribution >= 4 is 0 Å². The van der Waals surface area contributed by atoms with Gasteiger partial charge in [-0.3, -0.25) is 0 Å². The molecule has 0 saturated heterocycles. The quantitative estimate of drug-likeness (QED) is 0.675. The second kappa shape index (κ2) is 7.41. The van der Waals surface area contributed by atoms with Gasteiger partial charge in [0.05, 0.1) is 6.54 Å². The molecule has 0 spiro atoms. The highest BCUT2D eigenvalue weighted by molar-refractivity contribution is 4.90. The van der Waals surface area contributed by atoms with E-state index in [2.05, 4.69) is 33.6 Å². The van der Waals surface area contributed by atoms with Crippen molar-refractivity contribution in [2.75, 3.05) is 26.2 Å². The normalized spacial score (nSPS) is 11.2. The Kier molecular flexibility index (Phi) is 6.11. The second-order valence-corrected chi connectivity index (χ2v) is 4.07. The molecule has 4 heteroatoms. The Labute approximate surface area is 98.7 Å². The molecule has 1 rings (SSSR count). The number of hydrogen-bond donors (Lipinski definition) is 1. The van der Waals surface area contributed by atoms with Crippen LogP contribution in [0.1, 0.15) is 26.1 Å². The largest absolute Gasteiger partial charge is 0.337 e. The summed E-state index contributed by atoms with van der Waals surface area (Å²) >= 11 is 0. The molecule has 0 aliphatic heterocycles. The van der Waals surface area contributed by atoms with E-state index < -0.39 is 0 Å². The molecule has 0 saturated carbocycles. The molecule has 0 aliphatic rings. The van der Waals surface area contributed by atoms with Gasteiger partial charge in [-0.1, -0.05) is 13.8 Å². The maximum atomic E-state index is 4.28. The van der Waals surface area contributed by atoms with E-state index in [1.807, 2.05) is 19.4 Å². The van der Waals surface area contributed by atoms with Crippen molar-refractivity contribution in [1.82, 2.24) is 19.8 Å². The van der Waals surface area contributed by atoms with Gasteiger partial charge in [-0.05, 0) is 19.5 Å². The van der Waals surface area contributed by atoms with Crippen molar-refractivity contribution in [3.63, 3.8) is 0 Å². The Bertz CT molecular complexity index is 282. The van der Waals surface area contributed by atoms with Crippen LogP contribution in [-0.2, 0) is 13.6 Å². The molecule has 0 aromatic carbocycles. The van der Waals surface area contributed by atoms with Gasteiger partial charge in [0, 0.05) is 32.5 Å². The molecule has 0 atom stereocenters. The van der Waals surface area contributed by atoms with Gasteiger partial charge in [-0.15, -0.1) is 0 Å². The minimum atomic E-state index is 0.854. The van der Waals surface area contributed by atoms with Crippen LogP contribution in [0.15, 0.2) is 12.4 Å². The van der Waals surface area contributed by atoms with Gasteiger partial charge < -0.3 is 14.8 Å². The molecule has 0 fully saturated rings. The van der Waals surface area contributed by atoms with Crippen molar-refractivity contribution in [2.24, 2.45) is 7.05 Å². The van der Waals surface area contributed by atoms with E-state index in [1.165, 1.54) is 13.0 Å². The van der Waals surface area contributed by atoms with E-state index in [0.29, 0.717) is 0 Å². The van der Waals surface area contributed by atoms with Crippen LogP contribution in [-0.4, -0.2) is 40.6 Å². The number of aryl methyl sites for hydroxylation is 1. The summed E-state index contributed by atoms with van der Waals surface area (Å²) in [7, 11) is 2.03. The van der Waals surface area contributed by atoms with Crippen LogP contribution in [0.2, 0.25) is 0 Å². The van der Waals surface area contributed by atoms with Gasteiger partial charge in [-0.2, -0.15) is 0 Å². The zero-order valence-corrected chi connectivity index (χ0v) is 10.7. The minimum absolute atomic E-state index is 0.854. The fraction of sp³-hybridized carbons (Fsp3) is 0.750. The number of hydrogen-bond acceptors (Lipinski definition) is 3. The summed E-state index contributed by atoms with van der Waals surface area (Å²) in [6.07, 6.45) is 5.05. The zero-order chi connectivity index (χ0) is 11.8. The lowest BCUT2D eigenvalue weighted by Crippen LogP contribution is -2.32. The van der Waals surface area contributed by atoms with Gasteiger partial charge >= 0.3 is 0 Å². The van der Waals surface area contributed by atoms with Gasteiger partial charge in [0.1, 0.15) is 5.82 Å². The van der Waals surface area contributed by atoms with E-state index in [1.54, 1.807) is 0 Å². The highest BCUT2D eigenvalue weighted by Crippen LogP contribution is 1.93. The number of nitrogens with one attached hydrogen (secondary N) is 1. The predicted molar refractivity (Wildman–Crippen MR) is 67.3 cm³/mol.